The number of hydrogen-bond donors (Lipinski definition) is 4. The third-order valence-corrected chi connectivity index (χ3v) is 4.42. The molecule has 0 fully saturated rings. The number of carbonyl (C=O) groups excluding carboxylic acids is 1. The van der Waals surface area contributed by atoms with E-state index in [0.29, 0.717) is 24.2 Å². The number of nitrogens with one attached hydrogen (secondary N) is 2. The minimum atomic E-state index is -1.03. The van der Waals surface area contributed by atoms with Crippen LogP contribution in [0.25, 0.3) is 0 Å². The van der Waals surface area contributed by atoms with Gasteiger partial charge in [0.1, 0.15) is 6.04 Å². The summed E-state index contributed by atoms with van der Waals surface area (Å²) in [5.41, 5.74) is 8.22. The van der Waals surface area contributed by atoms with Crippen molar-refractivity contribution in [2.45, 2.75) is 24.9 Å². The van der Waals surface area contributed by atoms with E-state index in [2.05, 4.69) is 15.3 Å². The molecular weight excluding hydrogens is 411 g/mol. The maximum absolute atomic E-state index is 12.4. The van der Waals surface area contributed by atoms with Crippen molar-refractivity contribution in [2.24, 2.45) is 5.73 Å². The van der Waals surface area contributed by atoms with Crippen LogP contribution in [-0.4, -0.2) is 45.0 Å². The predicted molar refractivity (Wildman–Crippen MR) is 112 cm³/mol. The Bertz CT molecular complexity index is 716. The van der Waals surface area contributed by atoms with Crippen LogP contribution in [0.5, 0.6) is 0 Å². The molecule has 0 aliphatic carbocycles. The average molecular weight is 435 g/mol. The van der Waals surface area contributed by atoms with Crippen molar-refractivity contribution in [2.75, 3.05) is 12.0 Å². The van der Waals surface area contributed by atoms with E-state index in [0.717, 1.165) is 11.3 Å². The molecule has 0 saturated carbocycles. The molecule has 150 valence electrons. The molecule has 1 amide bonds. The highest BCUT2D eigenvalue weighted by molar-refractivity contribution is 7.98. The molecule has 1 heterocycles. The van der Waals surface area contributed by atoms with Crippen LogP contribution in [0.3, 0.4) is 0 Å². The van der Waals surface area contributed by atoms with Gasteiger partial charge in [0.05, 0.1) is 12.0 Å². The molecule has 2 rings (SSSR count). The van der Waals surface area contributed by atoms with Crippen LogP contribution in [0, 0.1) is 0 Å². The van der Waals surface area contributed by atoms with Crippen LogP contribution in [0.15, 0.2) is 36.8 Å². The molecule has 0 aliphatic heterocycles. The average Bonchev–Trinajstić information content (AvgIpc) is 3.11. The standard InChI is InChI=1S/C17H22N4O3S.2ClH/c1-25-6-5-15(17(23)24)21-16(22)12-4-2-3-11(7-12)14(18)8-13-9-19-10-20-13;;/h2-4,7,9-10,14-15H,5-6,8,18H2,1H3,(H,19,20)(H,21,22)(H,23,24);2*1H/t14?,15-;;/m0../s1. The number of carboxylic acids is 1. The van der Waals surface area contributed by atoms with Gasteiger partial charge in [0.15, 0.2) is 0 Å². The van der Waals surface area contributed by atoms with Gasteiger partial charge in [0.25, 0.3) is 5.91 Å². The summed E-state index contributed by atoms with van der Waals surface area (Å²) < 4.78 is 0. The fourth-order valence-electron chi connectivity index (χ4n) is 2.39. The third-order valence-electron chi connectivity index (χ3n) is 3.77. The van der Waals surface area contributed by atoms with E-state index >= 15 is 0 Å². The maximum Gasteiger partial charge on any atom is 0.326 e. The summed E-state index contributed by atoms with van der Waals surface area (Å²) in [7, 11) is 0. The number of H-pyrrole nitrogens is 1. The van der Waals surface area contributed by atoms with E-state index in [4.69, 9.17) is 5.73 Å². The van der Waals surface area contributed by atoms with Gasteiger partial charge in [-0.3, -0.25) is 4.79 Å². The first kappa shape index (κ1) is 25.3. The zero-order valence-electron chi connectivity index (χ0n) is 14.8. The van der Waals surface area contributed by atoms with Crippen LogP contribution in [0.4, 0.5) is 0 Å². The molecule has 1 unspecified atom stereocenters. The van der Waals surface area contributed by atoms with Crippen molar-refractivity contribution in [3.05, 3.63) is 53.6 Å². The summed E-state index contributed by atoms with van der Waals surface area (Å²) in [6.45, 7) is 0. The van der Waals surface area contributed by atoms with E-state index in [-0.39, 0.29) is 30.9 Å². The molecular formula is C17H24Cl2N4O3S. The number of rotatable bonds is 9. The molecule has 7 nitrogen and oxygen atoms in total. The first-order valence-corrected chi connectivity index (χ1v) is 9.26. The number of halogens is 2. The zero-order chi connectivity index (χ0) is 18.2. The normalized spacial score (nSPS) is 12.2. The minimum absolute atomic E-state index is 0. The molecule has 0 saturated heterocycles. The number of carbonyl (C=O) groups is 2. The largest absolute Gasteiger partial charge is 0.480 e. The van der Waals surface area contributed by atoms with Gasteiger partial charge in [-0.15, -0.1) is 24.8 Å². The molecule has 0 radical (unpaired) electrons. The molecule has 1 aromatic carbocycles. The Kier molecular flexibility index (Phi) is 11.8. The van der Waals surface area contributed by atoms with Crippen molar-refractivity contribution in [3.63, 3.8) is 0 Å². The van der Waals surface area contributed by atoms with Gasteiger partial charge in [-0.05, 0) is 36.1 Å². The Hall–Kier alpha value is -1.74. The fourth-order valence-corrected chi connectivity index (χ4v) is 2.86. The van der Waals surface area contributed by atoms with Crippen LogP contribution < -0.4 is 11.1 Å². The molecule has 1 aromatic heterocycles. The summed E-state index contributed by atoms with van der Waals surface area (Å²) in [6.07, 6.45) is 6.18. The number of aliphatic carboxylic acids is 1. The molecule has 2 aromatic rings. The lowest BCUT2D eigenvalue weighted by Crippen LogP contribution is -2.41. The van der Waals surface area contributed by atoms with Crippen LogP contribution in [0.2, 0.25) is 0 Å². The topological polar surface area (TPSA) is 121 Å². The number of aromatic amines is 1. The first-order valence-electron chi connectivity index (χ1n) is 7.87. The summed E-state index contributed by atoms with van der Waals surface area (Å²) in [6, 6.07) is 5.72. The van der Waals surface area contributed by atoms with Gasteiger partial charge < -0.3 is 21.1 Å². The third kappa shape index (κ3) is 7.80. The number of imidazole rings is 1. The van der Waals surface area contributed by atoms with Crippen LogP contribution in [-0.2, 0) is 11.2 Å². The lowest BCUT2D eigenvalue weighted by Gasteiger charge is -2.15. The lowest BCUT2D eigenvalue weighted by molar-refractivity contribution is -0.139. The highest BCUT2D eigenvalue weighted by atomic mass is 35.5. The molecule has 27 heavy (non-hydrogen) atoms. The zero-order valence-corrected chi connectivity index (χ0v) is 17.2. The van der Waals surface area contributed by atoms with E-state index in [1.54, 1.807) is 30.7 Å². The summed E-state index contributed by atoms with van der Waals surface area (Å²) in [5, 5.41) is 11.8. The summed E-state index contributed by atoms with van der Waals surface area (Å²) in [5.74, 6) is -0.789. The minimum Gasteiger partial charge on any atom is -0.480 e. The Labute approximate surface area is 174 Å². The van der Waals surface area contributed by atoms with Gasteiger partial charge in [-0.2, -0.15) is 11.8 Å². The summed E-state index contributed by atoms with van der Waals surface area (Å²) in [4.78, 5) is 30.7. The summed E-state index contributed by atoms with van der Waals surface area (Å²) >= 11 is 1.54. The number of nitrogens with two attached hydrogens (primary N) is 1. The molecule has 0 bridgehead atoms. The number of aromatic nitrogens is 2. The van der Waals surface area contributed by atoms with Crippen molar-refractivity contribution in [1.29, 1.82) is 0 Å². The highest BCUT2D eigenvalue weighted by Crippen LogP contribution is 2.16. The lowest BCUT2D eigenvalue weighted by atomic mass is 10.0. The maximum atomic E-state index is 12.4. The Balaban J connectivity index is 0.00000338. The number of amides is 1. The molecule has 0 aliphatic rings. The Morgan fingerprint density at radius 3 is 2.70 bits per heavy atom. The number of nitrogens with zero attached hydrogens (tertiary/aromatic N) is 1. The predicted octanol–water partition coefficient (Wildman–Crippen LogP) is 2.43. The number of hydrogen-bond acceptors (Lipinski definition) is 5. The number of benzene rings is 1. The van der Waals surface area contributed by atoms with Gasteiger partial charge >= 0.3 is 5.97 Å². The van der Waals surface area contributed by atoms with Crippen LogP contribution in [0.1, 0.15) is 34.1 Å². The second kappa shape index (κ2) is 12.6. The van der Waals surface area contributed by atoms with Gasteiger partial charge in [-0.1, -0.05) is 12.1 Å². The quantitative estimate of drug-likeness (QED) is 0.480. The van der Waals surface area contributed by atoms with Gasteiger partial charge in [-0.25, -0.2) is 9.78 Å². The highest BCUT2D eigenvalue weighted by Gasteiger charge is 2.20. The Morgan fingerprint density at radius 2 is 2.11 bits per heavy atom. The van der Waals surface area contributed by atoms with E-state index in [1.165, 1.54) is 11.8 Å². The molecule has 10 heteroatoms. The van der Waals surface area contributed by atoms with E-state index < -0.39 is 17.9 Å². The molecule has 0 spiro atoms. The van der Waals surface area contributed by atoms with E-state index in [9.17, 15) is 14.7 Å². The fraction of sp³-hybridized carbons (Fsp3) is 0.353. The monoisotopic (exact) mass is 434 g/mol. The van der Waals surface area contributed by atoms with Crippen molar-refractivity contribution in [1.82, 2.24) is 15.3 Å². The first-order chi connectivity index (χ1) is 12.0. The number of thioether (sulfide) groups is 1. The second-order valence-electron chi connectivity index (χ2n) is 5.64. The van der Waals surface area contributed by atoms with Crippen molar-refractivity contribution < 1.29 is 14.7 Å². The van der Waals surface area contributed by atoms with Gasteiger partial charge in [0.2, 0.25) is 0 Å². The smallest absolute Gasteiger partial charge is 0.326 e. The van der Waals surface area contributed by atoms with E-state index in [1.807, 2.05) is 12.3 Å². The van der Waals surface area contributed by atoms with Crippen LogP contribution >= 0.6 is 36.6 Å². The van der Waals surface area contributed by atoms with Gasteiger partial charge in [0, 0.05) is 24.2 Å². The Morgan fingerprint density at radius 1 is 1.37 bits per heavy atom. The number of carboxylic acid groups (broad SMARTS) is 1. The van der Waals surface area contributed by atoms with Crippen molar-refractivity contribution in [3.8, 4) is 0 Å². The molecule has 5 N–H and O–H groups in total. The van der Waals surface area contributed by atoms with Crippen molar-refractivity contribution >= 4 is 48.5 Å². The second-order valence-corrected chi connectivity index (χ2v) is 6.63. The SMILES string of the molecule is CSCC[C@H](NC(=O)c1cccc(C(N)Cc2c[nH]cn2)c1)C(=O)O.Cl.Cl. The molecule has 2 atom stereocenters.